The standard InChI is InChI=1S/C30H35N2O2S2/c1-7-31-24-16-22(33-5)9-11-26(24)35-28(31)14-20-13-21(19-30(3,4)18-20)15-29-32(8-2)25-17-23(34-6)10-12-27(25)36-29/h9-17H,7-8,18-19H2,1-6H3/q+1. The van der Waals surface area contributed by atoms with Crippen LogP contribution >= 0.6 is 23.1 Å². The van der Waals surface area contributed by atoms with E-state index in [1.165, 1.54) is 42.0 Å². The maximum Gasteiger partial charge on any atom is 0.263 e. The molecule has 2 aromatic carbocycles. The quantitative estimate of drug-likeness (QED) is 0.310. The van der Waals surface area contributed by atoms with Crippen molar-refractivity contribution < 1.29 is 14.0 Å². The van der Waals surface area contributed by atoms with Crippen LogP contribution in [0.4, 0.5) is 5.69 Å². The van der Waals surface area contributed by atoms with Crippen LogP contribution in [0, 0.1) is 5.41 Å². The largest absolute Gasteiger partial charge is 0.497 e. The average Bonchev–Trinajstić information content (AvgIpc) is 3.37. The molecule has 0 amide bonds. The topological polar surface area (TPSA) is 25.6 Å². The molecule has 0 atom stereocenters. The van der Waals surface area contributed by atoms with Crippen molar-refractivity contribution in [2.45, 2.75) is 52.0 Å². The second-order valence-electron chi connectivity index (χ2n) is 10.1. The molecule has 6 heteroatoms. The maximum absolute atomic E-state index is 5.49. The molecule has 0 saturated carbocycles. The smallest absolute Gasteiger partial charge is 0.263 e. The molecule has 0 N–H and O–H groups in total. The van der Waals surface area contributed by atoms with Gasteiger partial charge in [-0.2, -0.15) is 4.57 Å². The lowest BCUT2D eigenvalue weighted by atomic mass is 9.75. The first-order chi connectivity index (χ1) is 17.3. The second kappa shape index (κ2) is 9.98. The van der Waals surface area contributed by atoms with Gasteiger partial charge in [0.2, 0.25) is 5.52 Å². The number of ether oxygens (including phenoxy) is 2. The summed E-state index contributed by atoms with van der Waals surface area (Å²) in [4.78, 5) is 3.69. The molecule has 5 rings (SSSR count). The van der Waals surface area contributed by atoms with Crippen LogP contribution in [-0.2, 0) is 6.54 Å². The molecule has 3 aromatic rings. The first kappa shape index (κ1) is 25.0. The lowest BCUT2D eigenvalue weighted by Crippen LogP contribution is -2.33. The van der Waals surface area contributed by atoms with Crippen LogP contribution in [-0.4, -0.2) is 20.8 Å². The summed E-state index contributed by atoms with van der Waals surface area (Å²) in [6, 6.07) is 12.7. The molecule has 0 fully saturated rings. The zero-order valence-electron chi connectivity index (χ0n) is 22.1. The predicted octanol–water partition coefficient (Wildman–Crippen LogP) is 7.83. The minimum atomic E-state index is 0.209. The monoisotopic (exact) mass is 519 g/mol. The molecule has 0 radical (unpaired) electrons. The van der Waals surface area contributed by atoms with Crippen LogP contribution in [0.1, 0.15) is 45.5 Å². The van der Waals surface area contributed by atoms with Crippen LogP contribution in [0.3, 0.4) is 0 Å². The molecule has 36 heavy (non-hydrogen) atoms. The van der Waals surface area contributed by atoms with E-state index in [-0.39, 0.29) is 5.41 Å². The van der Waals surface area contributed by atoms with Crippen molar-refractivity contribution in [1.29, 1.82) is 0 Å². The summed E-state index contributed by atoms with van der Waals surface area (Å²) in [5.74, 6) is 1.81. The molecule has 0 bridgehead atoms. The summed E-state index contributed by atoms with van der Waals surface area (Å²) in [5.41, 5.74) is 5.47. The normalized spacial score (nSPS) is 19.2. The van der Waals surface area contributed by atoms with Gasteiger partial charge in [0.1, 0.15) is 22.7 Å². The number of allylic oxidation sites excluding steroid dienone is 4. The summed E-state index contributed by atoms with van der Waals surface area (Å²) in [7, 11) is 3.46. The van der Waals surface area contributed by atoms with Gasteiger partial charge in [-0.05, 0) is 73.6 Å². The van der Waals surface area contributed by atoms with E-state index < -0.39 is 0 Å². The Morgan fingerprint density at radius 3 is 2.47 bits per heavy atom. The Balaban J connectivity index is 1.52. The average molecular weight is 520 g/mol. The van der Waals surface area contributed by atoms with E-state index in [0.29, 0.717) is 0 Å². The van der Waals surface area contributed by atoms with E-state index in [9.17, 15) is 0 Å². The zero-order valence-corrected chi connectivity index (χ0v) is 23.7. The predicted molar refractivity (Wildman–Crippen MR) is 153 cm³/mol. The minimum absolute atomic E-state index is 0.209. The summed E-state index contributed by atoms with van der Waals surface area (Å²) in [6.45, 7) is 11.1. The Kier molecular flexibility index (Phi) is 6.92. The number of aryl methyl sites for hydroxylation is 1. The van der Waals surface area contributed by atoms with Gasteiger partial charge in [-0.15, -0.1) is 0 Å². The molecule has 0 saturated heterocycles. The number of rotatable bonds is 6. The van der Waals surface area contributed by atoms with Gasteiger partial charge in [0, 0.05) is 23.6 Å². The van der Waals surface area contributed by atoms with E-state index in [4.69, 9.17) is 9.47 Å². The van der Waals surface area contributed by atoms with Crippen molar-refractivity contribution >= 4 is 45.1 Å². The van der Waals surface area contributed by atoms with E-state index in [0.717, 1.165) is 37.4 Å². The van der Waals surface area contributed by atoms with Gasteiger partial charge < -0.3 is 14.4 Å². The Hall–Kier alpha value is -2.70. The SMILES string of the molecule is CCN1/C(=C/C2=CC(=C\c3sc4ccc(OC)cc4[n+]3CC)/CC(C)(C)C2)Sc2ccc(OC)cc21. The van der Waals surface area contributed by atoms with Crippen LogP contribution in [0.5, 0.6) is 11.5 Å². The molecule has 188 valence electrons. The molecule has 2 heterocycles. The molecule has 1 aliphatic heterocycles. The molecular weight excluding hydrogens is 484 g/mol. The number of benzene rings is 2. The fourth-order valence-electron chi connectivity index (χ4n) is 5.29. The first-order valence-corrected chi connectivity index (χ1v) is 14.2. The third-order valence-electron chi connectivity index (χ3n) is 6.86. The minimum Gasteiger partial charge on any atom is -0.497 e. The Bertz CT molecular complexity index is 1400. The van der Waals surface area contributed by atoms with Crippen molar-refractivity contribution in [3.8, 4) is 11.5 Å². The Labute approximate surface area is 222 Å². The molecular formula is C30H35N2O2S2+. The van der Waals surface area contributed by atoms with Crippen LogP contribution in [0.15, 0.2) is 69.6 Å². The molecule has 0 unspecified atom stereocenters. The molecule has 2 aliphatic rings. The third-order valence-corrected chi connectivity index (χ3v) is 9.09. The van der Waals surface area contributed by atoms with Crippen molar-refractivity contribution in [2.24, 2.45) is 5.41 Å². The molecule has 1 aromatic heterocycles. The molecule has 0 spiro atoms. The summed E-state index contributed by atoms with van der Waals surface area (Å²) >= 11 is 3.71. The summed E-state index contributed by atoms with van der Waals surface area (Å²) in [6.07, 6.45) is 9.37. The number of hydrogen-bond acceptors (Lipinski definition) is 5. The maximum atomic E-state index is 5.49. The first-order valence-electron chi connectivity index (χ1n) is 12.6. The Morgan fingerprint density at radius 2 is 1.75 bits per heavy atom. The van der Waals surface area contributed by atoms with Gasteiger partial charge >= 0.3 is 0 Å². The number of thioether (sulfide) groups is 1. The fraction of sp³-hybridized carbons (Fsp3) is 0.367. The van der Waals surface area contributed by atoms with Gasteiger partial charge in [-0.1, -0.05) is 43.0 Å². The van der Waals surface area contributed by atoms with Crippen LogP contribution in [0.25, 0.3) is 16.3 Å². The highest BCUT2D eigenvalue weighted by atomic mass is 32.2. The van der Waals surface area contributed by atoms with Gasteiger partial charge in [-0.25, -0.2) is 0 Å². The highest BCUT2D eigenvalue weighted by molar-refractivity contribution is 8.03. The van der Waals surface area contributed by atoms with Crippen LogP contribution < -0.4 is 18.9 Å². The highest BCUT2D eigenvalue weighted by Gasteiger charge is 2.29. The van der Waals surface area contributed by atoms with Crippen LogP contribution in [0.2, 0.25) is 0 Å². The number of anilines is 1. The summed E-state index contributed by atoms with van der Waals surface area (Å²) in [5, 5.41) is 2.59. The van der Waals surface area contributed by atoms with E-state index in [2.05, 4.69) is 91.8 Å². The van der Waals surface area contributed by atoms with Gasteiger partial charge in [0.05, 0.1) is 31.0 Å². The Morgan fingerprint density at radius 1 is 1.00 bits per heavy atom. The summed E-state index contributed by atoms with van der Waals surface area (Å²) < 4.78 is 14.7. The number of methoxy groups -OCH3 is 2. The fourth-order valence-corrected chi connectivity index (χ4v) is 7.66. The molecule has 4 nitrogen and oxygen atoms in total. The van der Waals surface area contributed by atoms with Crippen molar-refractivity contribution in [1.82, 2.24) is 0 Å². The number of aromatic nitrogens is 1. The lowest BCUT2D eigenvalue weighted by Gasteiger charge is -2.31. The van der Waals surface area contributed by atoms with Gasteiger partial charge in [0.15, 0.2) is 0 Å². The van der Waals surface area contributed by atoms with E-state index in [1.54, 1.807) is 14.2 Å². The number of fused-ring (bicyclic) bond motifs is 2. The second-order valence-corrected chi connectivity index (χ2v) is 12.3. The number of nitrogens with zero attached hydrogens (tertiary/aromatic N) is 2. The number of hydrogen-bond donors (Lipinski definition) is 0. The van der Waals surface area contributed by atoms with E-state index >= 15 is 0 Å². The van der Waals surface area contributed by atoms with Crippen molar-refractivity contribution in [2.75, 3.05) is 25.7 Å². The molecule has 1 aliphatic carbocycles. The number of thiazole rings is 1. The van der Waals surface area contributed by atoms with Crippen molar-refractivity contribution in [3.63, 3.8) is 0 Å². The highest BCUT2D eigenvalue weighted by Crippen LogP contribution is 2.49. The van der Waals surface area contributed by atoms with E-state index in [1.807, 2.05) is 23.1 Å². The lowest BCUT2D eigenvalue weighted by molar-refractivity contribution is -0.665. The third kappa shape index (κ3) is 4.81. The zero-order chi connectivity index (χ0) is 25.4. The van der Waals surface area contributed by atoms with Gasteiger partial charge in [0.25, 0.3) is 5.01 Å². The van der Waals surface area contributed by atoms with Crippen molar-refractivity contribution in [3.05, 3.63) is 69.7 Å². The van der Waals surface area contributed by atoms with Gasteiger partial charge in [-0.3, -0.25) is 0 Å².